The molecule has 2 aromatic heterocycles. The number of benzene rings is 1. The average molecular weight is 420 g/mol. The zero-order valence-corrected chi connectivity index (χ0v) is 16.4. The third kappa shape index (κ3) is 4.49. The van der Waals surface area contributed by atoms with E-state index in [1.807, 2.05) is 18.2 Å². The van der Waals surface area contributed by atoms with E-state index in [1.165, 1.54) is 19.2 Å². The van der Waals surface area contributed by atoms with E-state index in [2.05, 4.69) is 15.3 Å². The van der Waals surface area contributed by atoms with Gasteiger partial charge >= 0.3 is 5.97 Å². The second-order valence-corrected chi connectivity index (χ2v) is 6.65. The molecule has 1 N–H and O–H groups in total. The lowest BCUT2D eigenvalue weighted by molar-refractivity contribution is -0.123. The number of pyridine rings is 1. The molecule has 3 aromatic rings. The van der Waals surface area contributed by atoms with E-state index < -0.39 is 18.0 Å². The van der Waals surface area contributed by atoms with Gasteiger partial charge in [0.25, 0.3) is 5.91 Å². The summed E-state index contributed by atoms with van der Waals surface area (Å²) in [5.41, 5.74) is 0.722. The Morgan fingerprint density at radius 3 is 2.61 bits per heavy atom. The Morgan fingerprint density at radius 2 is 1.93 bits per heavy atom. The fraction of sp³-hybridized carbons (Fsp3) is 0.158. The van der Waals surface area contributed by atoms with Gasteiger partial charge in [-0.25, -0.2) is 14.8 Å². The zero-order valence-electron chi connectivity index (χ0n) is 14.9. The molecular formula is C19H15Cl2N3O4. The molecule has 0 unspecified atom stereocenters. The first-order valence-electron chi connectivity index (χ1n) is 8.21. The van der Waals surface area contributed by atoms with Crippen LogP contribution >= 0.6 is 23.2 Å². The molecule has 2 heterocycles. The molecule has 0 saturated heterocycles. The van der Waals surface area contributed by atoms with Crippen LogP contribution < -0.4 is 5.32 Å². The van der Waals surface area contributed by atoms with Gasteiger partial charge in [0, 0.05) is 11.8 Å². The van der Waals surface area contributed by atoms with Gasteiger partial charge in [-0.05, 0) is 32.0 Å². The number of aryl methyl sites for hydroxylation is 1. The molecule has 144 valence electrons. The number of ether oxygens (including phenoxy) is 1. The van der Waals surface area contributed by atoms with Crippen LogP contribution in [-0.2, 0) is 9.53 Å². The number of carbonyl (C=O) groups is 2. The first kappa shape index (κ1) is 19.9. The second-order valence-electron chi connectivity index (χ2n) is 5.81. The molecule has 0 aliphatic rings. The summed E-state index contributed by atoms with van der Waals surface area (Å²) >= 11 is 11.7. The lowest BCUT2D eigenvalue weighted by Gasteiger charge is -2.13. The molecule has 7 nitrogen and oxygen atoms in total. The summed E-state index contributed by atoms with van der Waals surface area (Å²) in [6, 6.07) is 10.6. The highest BCUT2D eigenvalue weighted by Crippen LogP contribution is 2.24. The molecule has 1 aromatic carbocycles. The van der Waals surface area contributed by atoms with Crippen LogP contribution in [0.15, 0.2) is 47.0 Å². The van der Waals surface area contributed by atoms with Crippen molar-refractivity contribution in [2.24, 2.45) is 0 Å². The van der Waals surface area contributed by atoms with Gasteiger partial charge in [-0.1, -0.05) is 41.4 Å². The molecule has 1 amide bonds. The molecule has 0 spiro atoms. The normalized spacial score (nSPS) is 11.7. The van der Waals surface area contributed by atoms with E-state index in [1.54, 1.807) is 19.1 Å². The quantitative estimate of drug-likeness (QED) is 0.610. The smallest absolute Gasteiger partial charge is 0.361 e. The van der Waals surface area contributed by atoms with Gasteiger partial charge in [0.05, 0.1) is 10.0 Å². The molecule has 0 saturated carbocycles. The van der Waals surface area contributed by atoms with Gasteiger partial charge in [-0.3, -0.25) is 4.79 Å². The molecule has 0 bridgehead atoms. The predicted octanol–water partition coefficient (Wildman–Crippen LogP) is 4.54. The van der Waals surface area contributed by atoms with E-state index in [-0.39, 0.29) is 16.5 Å². The number of hydrogen-bond donors (Lipinski definition) is 1. The highest BCUT2D eigenvalue weighted by atomic mass is 35.5. The van der Waals surface area contributed by atoms with E-state index in [4.69, 9.17) is 32.4 Å². The van der Waals surface area contributed by atoms with Crippen LogP contribution in [0.1, 0.15) is 23.2 Å². The SMILES string of the molecule is Cc1oc(-c2ccccc2)nc1C(=O)O[C@@H](C)C(=O)Nc1ncc(Cl)cc1Cl. The number of oxazole rings is 1. The van der Waals surface area contributed by atoms with Gasteiger partial charge in [0.1, 0.15) is 5.76 Å². The van der Waals surface area contributed by atoms with Gasteiger partial charge in [0.2, 0.25) is 5.89 Å². The summed E-state index contributed by atoms with van der Waals surface area (Å²) < 4.78 is 10.7. The molecule has 0 aliphatic carbocycles. The van der Waals surface area contributed by atoms with Crippen LogP contribution in [0.3, 0.4) is 0 Å². The van der Waals surface area contributed by atoms with Crippen LogP contribution in [-0.4, -0.2) is 27.9 Å². The first-order valence-corrected chi connectivity index (χ1v) is 8.96. The van der Waals surface area contributed by atoms with Gasteiger partial charge < -0.3 is 14.5 Å². The number of nitrogens with zero attached hydrogens (tertiary/aromatic N) is 2. The lowest BCUT2D eigenvalue weighted by atomic mass is 10.2. The Balaban J connectivity index is 1.68. The maximum atomic E-state index is 12.4. The number of rotatable bonds is 5. The van der Waals surface area contributed by atoms with Crippen molar-refractivity contribution in [1.29, 1.82) is 0 Å². The van der Waals surface area contributed by atoms with E-state index in [0.29, 0.717) is 16.7 Å². The molecule has 3 rings (SSSR count). The number of halogens is 2. The Kier molecular flexibility index (Phi) is 5.96. The third-order valence-corrected chi connectivity index (χ3v) is 4.21. The maximum absolute atomic E-state index is 12.4. The van der Waals surface area contributed by atoms with E-state index >= 15 is 0 Å². The lowest BCUT2D eigenvalue weighted by Crippen LogP contribution is -2.30. The van der Waals surface area contributed by atoms with Crippen molar-refractivity contribution in [2.75, 3.05) is 5.32 Å². The van der Waals surface area contributed by atoms with Crippen molar-refractivity contribution >= 4 is 40.9 Å². The van der Waals surface area contributed by atoms with Crippen LogP contribution in [0.4, 0.5) is 5.82 Å². The number of carbonyl (C=O) groups excluding carboxylic acids is 2. The molecule has 1 atom stereocenters. The Morgan fingerprint density at radius 1 is 1.21 bits per heavy atom. The van der Waals surface area contributed by atoms with Crippen molar-refractivity contribution in [3.05, 3.63) is 64.1 Å². The van der Waals surface area contributed by atoms with Crippen molar-refractivity contribution in [2.45, 2.75) is 20.0 Å². The minimum atomic E-state index is -1.11. The standard InChI is InChI=1S/C19H15Cl2N3O4/c1-10-15(23-18(27-10)12-6-4-3-5-7-12)19(26)28-11(2)17(25)24-16-14(21)8-13(20)9-22-16/h3-9,11H,1-2H3,(H,22,24,25)/t11-/m0/s1. The van der Waals surface area contributed by atoms with Crippen LogP contribution in [0.5, 0.6) is 0 Å². The van der Waals surface area contributed by atoms with Gasteiger partial charge in [0.15, 0.2) is 17.6 Å². The van der Waals surface area contributed by atoms with Crippen molar-refractivity contribution in [3.8, 4) is 11.5 Å². The number of esters is 1. The fourth-order valence-electron chi connectivity index (χ4n) is 2.28. The van der Waals surface area contributed by atoms with Crippen LogP contribution in [0.25, 0.3) is 11.5 Å². The van der Waals surface area contributed by atoms with Crippen LogP contribution in [0, 0.1) is 6.92 Å². The van der Waals surface area contributed by atoms with Crippen molar-refractivity contribution < 1.29 is 18.7 Å². The molecule has 0 aliphatic heterocycles. The third-order valence-electron chi connectivity index (χ3n) is 3.71. The summed E-state index contributed by atoms with van der Waals surface area (Å²) in [5.74, 6) is -0.683. The van der Waals surface area contributed by atoms with E-state index in [9.17, 15) is 9.59 Å². The Labute approximate surface area is 170 Å². The largest absolute Gasteiger partial charge is 0.448 e. The van der Waals surface area contributed by atoms with E-state index in [0.717, 1.165) is 5.56 Å². The highest BCUT2D eigenvalue weighted by Gasteiger charge is 2.25. The van der Waals surface area contributed by atoms with Crippen molar-refractivity contribution in [3.63, 3.8) is 0 Å². The zero-order chi connectivity index (χ0) is 20.3. The molecule has 28 heavy (non-hydrogen) atoms. The number of anilines is 1. The summed E-state index contributed by atoms with van der Waals surface area (Å²) in [6.45, 7) is 3.02. The highest BCUT2D eigenvalue weighted by molar-refractivity contribution is 6.36. The summed E-state index contributed by atoms with van der Waals surface area (Å²) in [4.78, 5) is 32.8. The minimum absolute atomic E-state index is 0.00107. The monoisotopic (exact) mass is 419 g/mol. The second kappa shape index (κ2) is 8.41. The maximum Gasteiger partial charge on any atom is 0.361 e. The molecule has 0 fully saturated rings. The average Bonchev–Trinajstić information content (AvgIpc) is 3.06. The Bertz CT molecular complexity index is 1020. The first-order chi connectivity index (χ1) is 13.3. The van der Waals surface area contributed by atoms with Gasteiger partial charge in [-0.15, -0.1) is 0 Å². The van der Waals surface area contributed by atoms with Gasteiger partial charge in [-0.2, -0.15) is 0 Å². The predicted molar refractivity (Wildman–Crippen MR) is 104 cm³/mol. The number of aromatic nitrogens is 2. The molecule has 0 radical (unpaired) electrons. The number of nitrogens with one attached hydrogen (secondary N) is 1. The summed E-state index contributed by atoms with van der Waals surface area (Å²) in [7, 11) is 0. The minimum Gasteiger partial charge on any atom is -0.448 e. The van der Waals surface area contributed by atoms with Crippen molar-refractivity contribution in [1.82, 2.24) is 9.97 Å². The summed E-state index contributed by atoms with van der Waals surface area (Å²) in [6.07, 6.45) is 0.223. The topological polar surface area (TPSA) is 94.3 Å². The fourth-order valence-corrected chi connectivity index (χ4v) is 2.71. The number of amides is 1. The van der Waals surface area contributed by atoms with Crippen LogP contribution in [0.2, 0.25) is 10.0 Å². The molecule has 9 heteroatoms. The molecular weight excluding hydrogens is 405 g/mol. The summed E-state index contributed by atoms with van der Waals surface area (Å²) in [5, 5.41) is 2.98. The number of hydrogen-bond acceptors (Lipinski definition) is 6. The Hall–Kier alpha value is -2.90.